The number of nitrogens with zero attached hydrogens (tertiary/aromatic N) is 4. The van der Waals surface area contributed by atoms with Gasteiger partial charge in [-0.25, -0.2) is 9.97 Å². The SMILES string of the molecule is CC1(C)c2ccccc2-c2ccc(-n3c4ccccc4c4ccc5c6ccccc6n(-c6cccc(-c7nc8ccccc8nc7-c7ccccc7)c6)c5c43)cc21. The normalized spacial score (nSPS) is 13.2. The molecule has 0 saturated heterocycles. The van der Waals surface area contributed by atoms with E-state index in [-0.39, 0.29) is 5.41 Å². The van der Waals surface area contributed by atoms with Crippen LogP contribution in [-0.2, 0) is 5.41 Å². The molecule has 0 saturated carbocycles. The fourth-order valence-electron chi connectivity index (χ4n) is 9.66. The maximum Gasteiger partial charge on any atom is 0.0973 e. The molecule has 4 heteroatoms. The number of fused-ring (bicyclic) bond motifs is 11. The van der Waals surface area contributed by atoms with Crippen LogP contribution in [0.3, 0.4) is 0 Å². The first-order chi connectivity index (χ1) is 28.0. The molecular weight excluding hydrogens is 693 g/mol. The summed E-state index contributed by atoms with van der Waals surface area (Å²) in [6.45, 7) is 4.72. The van der Waals surface area contributed by atoms with Crippen molar-refractivity contribution in [1.29, 1.82) is 0 Å². The van der Waals surface area contributed by atoms with Crippen LogP contribution < -0.4 is 0 Å². The molecule has 0 N–H and O–H groups in total. The number of para-hydroxylation sites is 4. The summed E-state index contributed by atoms with van der Waals surface area (Å²) in [5, 5.41) is 4.91. The van der Waals surface area contributed by atoms with E-state index in [1.54, 1.807) is 0 Å². The molecule has 0 radical (unpaired) electrons. The van der Waals surface area contributed by atoms with Crippen LogP contribution in [0, 0.1) is 0 Å². The fourth-order valence-corrected chi connectivity index (χ4v) is 9.66. The maximum absolute atomic E-state index is 5.28. The Kier molecular flexibility index (Phi) is 6.65. The van der Waals surface area contributed by atoms with Gasteiger partial charge in [0, 0.05) is 49.5 Å². The Balaban J connectivity index is 1.16. The minimum absolute atomic E-state index is 0.115. The average molecular weight is 729 g/mol. The lowest BCUT2D eigenvalue weighted by molar-refractivity contribution is 0.660. The van der Waals surface area contributed by atoms with Gasteiger partial charge in [0.1, 0.15) is 0 Å². The molecule has 12 rings (SSSR count). The van der Waals surface area contributed by atoms with Crippen molar-refractivity contribution in [2.45, 2.75) is 19.3 Å². The Hall–Kier alpha value is -7.30. The van der Waals surface area contributed by atoms with Gasteiger partial charge in [0.15, 0.2) is 0 Å². The monoisotopic (exact) mass is 728 g/mol. The molecule has 0 unspecified atom stereocenters. The number of aromatic nitrogens is 4. The minimum Gasteiger partial charge on any atom is -0.307 e. The molecule has 0 fully saturated rings. The lowest BCUT2D eigenvalue weighted by Gasteiger charge is -2.22. The first-order valence-corrected chi connectivity index (χ1v) is 19.7. The third-order valence-electron chi connectivity index (χ3n) is 12.3. The predicted octanol–water partition coefficient (Wildman–Crippen LogP) is 13.5. The van der Waals surface area contributed by atoms with Crippen molar-refractivity contribution in [2.75, 3.05) is 0 Å². The van der Waals surface area contributed by atoms with E-state index in [2.05, 4.69) is 175 Å². The van der Waals surface area contributed by atoms with Gasteiger partial charge in [-0.3, -0.25) is 0 Å². The van der Waals surface area contributed by atoms with Gasteiger partial charge in [-0.15, -0.1) is 0 Å². The van der Waals surface area contributed by atoms with Gasteiger partial charge in [0.25, 0.3) is 0 Å². The van der Waals surface area contributed by atoms with Crippen molar-refractivity contribution >= 4 is 54.6 Å². The highest BCUT2D eigenvalue weighted by Gasteiger charge is 2.35. The Morgan fingerprint density at radius 3 is 1.60 bits per heavy atom. The molecule has 1 aliphatic carbocycles. The van der Waals surface area contributed by atoms with Crippen molar-refractivity contribution in [3.05, 3.63) is 193 Å². The van der Waals surface area contributed by atoms with E-state index in [4.69, 9.17) is 9.97 Å². The summed E-state index contributed by atoms with van der Waals surface area (Å²) >= 11 is 0. The smallest absolute Gasteiger partial charge is 0.0973 e. The second-order valence-electron chi connectivity index (χ2n) is 15.8. The third-order valence-corrected chi connectivity index (χ3v) is 12.3. The van der Waals surface area contributed by atoms with Gasteiger partial charge in [-0.1, -0.05) is 147 Å². The molecular formula is C53H36N4. The summed E-state index contributed by atoms with van der Waals surface area (Å²) in [4.78, 5) is 10.5. The number of hydrogen-bond donors (Lipinski definition) is 0. The summed E-state index contributed by atoms with van der Waals surface area (Å²) in [5.74, 6) is 0. The quantitative estimate of drug-likeness (QED) is 0.181. The van der Waals surface area contributed by atoms with Gasteiger partial charge in [-0.05, 0) is 70.8 Å². The average Bonchev–Trinajstić information content (AvgIpc) is 3.87. The second kappa shape index (κ2) is 11.8. The van der Waals surface area contributed by atoms with Crippen LogP contribution >= 0.6 is 0 Å². The van der Waals surface area contributed by atoms with Gasteiger partial charge in [0.05, 0.1) is 44.5 Å². The molecule has 0 bridgehead atoms. The van der Waals surface area contributed by atoms with Crippen LogP contribution in [0.25, 0.3) is 99.7 Å². The van der Waals surface area contributed by atoms with Crippen molar-refractivity contribution in [3.8, 4) is 45.0 Å². The minimum atomic E-state index is -0.115. The van der Waals surface area contributed by atoms with Gasteiger partial charge in [0.2, 0.25) is 0 Å². The molecule has 0 atom stereocenters. The summed E-state index contributed by atoms with van der Waals surface area (Å²) < 4.78 is 4.98. The van der Waals surface area contributed by atoms with Gasteiger partial charge in [-0.2, -0.15) is 0 Å². The number of benzene rings is 8. The zero-order chi connectivity index (χ0) is 37.8. The molecule has 1 aliphatic rings. The Morgan fingerprint density at radius 2 is 0.912 bits per heavy atom. The van der Waals surface area contributed by atoms with Crippen molar-refractivity contribution in [2.24, 2.45) is 0 Å². The van der Waals surface area contributed by atoms with Crippen LogP contribution in [-0.4, -0.2) is 19.1 Å². The van der Waals surface area contributed by atoms with Crippen molar-refractivity contribution < 1.29 is 0 Å². The largest absolute Gasteiger partial charge is 0.307 e. The molecule has 0 amide bonds. The number of hydrogen-bond acceptors (Lipinski definition) is 2. The van der Waals surface area contributed by atoms with Crippen molar-refractivity contribution in [1.82, 2.24) is 19.1 Å². The van der Waals surface area contributed by atoms with Crippen LogP contribution in [0.2, 0.25) is 0 Å². The van der Waals surface area contributed by atoms with E-state index in [9.17, 15) is 0 Å². The molecule has 0 aliphatic heterocycles. The Morgan fingerprint density at radius 1 is 0.386 bits per heavy atom. The summed E-state index contributed by atoms with van der Waals surface area (Å²) in [5.41, 5.74) is 17.8. The highest BCUT2D eigenvalue weighted by molar-refractivity contribution is 6.23. The predicted molar refractivity (Wildman–Crippen MR) is 237 cm³/mol. The first kappa shape index (κ1) is 32.0. The molecule has 3 heterocycles. The zero-order valence-corrected chi connectivity index (χ0v) is 31.6. The number of rotatable bonds is 4. The lowest BCUT2D eigenvalue weighted by atomic mass is 9.82. The highest BCUT2D eigenvalue weighted by atomic mass is 15.0. The maximum atomic E-state index is 5.28. The van der Waals surface area contributed by atoms with Crippen molar-refractivity contribution in [3.63, 3.8) is 0 Å². The fraction of sp³-hybridized carbons (Fsp3) is 0.0566. The van der Waals surface area contributed by atoms with E-state index < -0.39 is 0 Å². The van der Waals surface area contributed by atoms with Crippen LogP contribution in [0.1, 0.15) is 25.0 Å². The van der Waals surface area contributed by atoms with E-state index in [1.165, 1.54) is 60.3 Å². The highest BCUT2D eigenvalue weighted by Crippen LogP contribution is 2.50. The molecule has 3 aromatic heterocycles. The Bertz CT molecular complexity index is 3440. The van der Waals surface area contributed by atoms with Crippen LogP contribution in [0.15, 0.2) is 182 Å². The summed E-state index contributed by atoms with van der Waals surface area (Å²) in [6.07, 6.45) is 0. The lowest BCUT2D eigenvalue weighted by Crippen LogP contribution is -2.15. The van der Waals surface area contributed by atoms with Crippen LogP contribution in [0.5, 0.6) is 0 Å². The molecule has 268 valence electrons. The van der Waals surface area contributed by atoms with E-state index >= 15 is 0 Å². The molecule has 0 spiro atoms. The molecule has 4 nitrogen and oxygen atoms in total. The van der Waals surface area contributed by atoms with Crippen LogP contribution in [0.4, 0.5) is 0 Å². The molecule has 8 aromatic carbocycles. The van der Waals surface area contributed by atoms with Gasteiger partial charge < -0.3 is 9.13 Å². The topological polar surface area (TPSA) is 35.6 Å². The Labute approximate surface area is 329 Å². The third kappa shape index (κ3) is 4.55. The molecule has 57 heavy (non-hydrogen) atoms. The van der Waals surface area contributed by atoms with E-state index in [0.29, 0.717) is 0 Å². The molecule has 11 aromatic rings. The van der Waals surface area contributed by atoms with E-state index in [0.717, 1.165) is 50.4 Å². The summed E-state index contributed by atoms with van der Waals surface area (Å²) in [7, 11) is 0. The standard InChI is InChI=1S/C53H36N4/c1-53(2)43-22-9-6-19-37(43)38-28-27-36(32-44(38)53)57-48-26-13-8-21-40(48)42-30-29-41-39-20-7-12-25-47(39)56(51(41)52(42)57)35-18-14-17-34(31-35)50-49(33-15-4-3-5-16-33)54-45-23-10-11-24-46(45)55-50/h3-32H,1-2H3. The zero-order valence-electron chi connectivity index (χ0n) is 31.6. The second-order valence-corrected chi connectivity index (χ2v) is 15.8. The first-order valence-electron chi connectivity index (χ1n) is 19.7. The summed E-state index contributed by atoms with van der Waals surface area (Å²) in [6, 6.07) is 65.7. The van der Waals surface area contributed by atoms with Gasteiger partial charge >= 0.3 is 0 Å². The van der Waals surface area contributed by atoms with E-state index in [1.807, 2.05) is 30.3 Å².